The molecule has 18 heavy (non-hydrogen) atoms. The second kappa shape index (κ2) is 6.94. The van der Waals surface area contributed by atoms with Gasteiger partial charge in [-0.15, -0.1) is 0 Å². The summed E-state index contributed by atoms with van der Waals surface area (Å²) in [6, 6.07) is 9.08. The standard InChI is InChI=1S/C17H29N/c1-6-15-9-11-16(12-10-15)8-7-14(2)13-18-17(3,4)5/h9-12,14,18H,6-8,13H2,1-5H3. The van der Waals surface area contributed by atoms with Crippen LogP contribution < -0.4 is 5.32 Å². The molecule has 0 fully saturated rings. The highest BCUT2D eigenvalue weighted by molar-refractivity contribution is 5.22. The summed E-state index contributed by atoms with van der Waals surface area (Å²) in [5, 5.41) is 3.58. The van der Waals surface area contributed by atoms with Crippen molar-refractivity contribution in [1.29, 1.82) is 0 Å². The van der Waals surface area contributed by atoms with Gasteiger partial charge in [-0.1, -0.05) is 38.1 Å². The predicted octanol–water partition coefficient (Wildman–Crippen LogP) is 4.21. The Labute approximate surface area is 113 Å². The lowest BCUT2D eigenvalue weighted by Gasteiger charge is -2.23. The van der Waals surface area contributed by atoms with E-state index in [1.165, 1.54) is 24.0 Å². The maximum atomic E-state index is 3.58. The quantitative estimate of drug-likeness (QED) is 0.794. The number of aryl methyl sites for hydroxylation is 2. The minimum Gasteiger partial charge on any atom is -0.312 e. The molecule has 1 unspecified atom stereocenters. The molecule has 0 amide bonds. The van der Waals surface area contributed by atoms with E-state index < -0.39 is 0 Å². The number of rotatable bonds is 6. The molecule has 1 atom stereocenters. The summed E-state index contributed by atoms with van der Waals surface area (Å²) in [5.41, 5.74) is 3.13. The van der Waals surface area contributed by atoms with Crippen LogP contribution in [0.15, 0.2) is 24.3 Å². The van der Waals surface area contributed by atoms with E-state index in [9.17, 15) is 0 Å². The summed E-state index contributed by atoms with van der Waals surface area (Å²) in [5.74, 6) is 0.732. The fourth-order valence-corrected chi connectivity index (χ4v) is 1.94. The molecular formula is C17H29N. The zero-order valence-corrected chi connectivity index (χ0v) is 12.7. The maximum Gasteiger partial charge on any atom is 0.00966 e. The molecule has 1 N–H and O–H groups in total. The van der Waals surface area contributed by atoms with Gasteiger partial charge in [-0.25, -0.2) is 0 Å². The van der Waals surface area contributed by atoms with Crippen molar-refractivity contribution in [2.75, 3.05) is 6.54 Å². The SMILES string of the molecule is CCc1ccc(CCC(C)CNC(C)(C)C)cc1. The average molecular weight is 247 g/mol. The highest BCUT2D eigenvalue weighted by Crippen LogP contribution is 2.12. The smallest absolute Gasteiger partial charge is 0.00966 e. The summed E-state index contributed by atoms with van der Waals surface area (Å²) in [7, 11) is 0. The predicted molar refractivity (Wildman–Crippen MR) is 81.1 cm³/mol. The van der Waals surface area contributed by atoms with E-state index in [-0.39, 0.29) is 5.54 Å². The van der Waals surface area contributed by atoms with E-state index in [1.54, 1.807) is 0 Å². The Morgan fingerprint density at radius 3 is 2.11 bits per heavy atom. The fourth-order valence-electron chi connectivity index (χ4n) is 1.94. The van der Waals surface area contributed by atoms with Crippen LogP contribution in [0.25, 0.3) is 0 Å². The van der Waals surface area contributed by atoms with E-state index in [4.69, 9.17) is 0 Å². The van der Waals surface area contributed by atoms with Crippen molar-refractivity contribution in [2.45, 2.75) is 59.4 Å². The third-order valence-electron chi connectivity index (χ3n) is 3.34. The Morgan fingerprint density at radius 1 is 1.06 bits per heavy atom. The zero-order valence-electron chi connectivity index (χ0n) is 12.7. The first kappa shape index (κ1) is 15.2. The molecule has 0 saturated heterocycles. The third kappa shape index (κ3) is 6.20. The van der Waals surface area contributed by atoms with Crippen LogP contribution in [0, 0.1) is 5.92 Å². The average Bonchev–Trinajstić information content (AvgIpc) is 2.33. The Balaban J connectivity index is 2.31. The second-order valence-electron chi connectivity index (χ2n) is 6.44. The maximum absolute atomic E-state index is 3.58. The van der Waals surface area contributed by atoms with Crippen LogP contribution in [0.5, 0.6) is 0 Å². The monoisotopic (exact) mass is 247 g/mol. The van der Waals surface area contributed by atoms with Gasteiger partial charge in [0.15, 0.2) is 0 Å². The van der Waals surface area contributed by atoms with Crippen LogP contribution in [0.1, 0.15) is 52.2 Å². The molecule has 1 nitrogen and oxygen atoms in total. The van der Waals surface area contributed by atoms with Crippen LogP contribution in [-0.2, 0) is 12.8 Å². The molecule has 0 aliphatic rings. The highest BCUT2D eigenvalue weighted by Gasteiger charge is 2.10. The molecular weight excluding hydrogens is 218 g/mol. The van der Waals surface area contributed by atoms with Crippen molar-refractivity contribution in [3.8, 4) is 0 Å². The lowest BCUT2D eigenvalue weighted by atomic mass is 9.98. The Bertz CT molecular complexity index is 332. The minimum absolute atomic E-state index is 0.233. The zero-order chi connectivity index (χ0) is 13.6. The van der Waals surface area contributed by atoms with E-state index in [2.05, 4.69) is 64.2 Å². The van der Waals surface area contributed by atoms with Crippen LogP contribution in [0.4, 0.5) is 0 Å². The molecule has 0 aliphatic heterocycles. The van der Waals surface area contributed by atoms with Crippen molar-refractivity contribution < 1.29 is 0 Å². The molecule has 1 rings (SSSR count). The minimum atomic E-state index is 0.233. The molecule has 1 heteroatoms. The molecule has 0 aromatic heterocycles. The van der Waals surface area contributed by atoms with E-state index in [0.717, 1.165) is 18.9 Å². The molecule has 0 bridgehead atoms. The van der Waals surface area contributed by atoms with Crippen LogP contribution >= 0.6 is 0 Å². The Hall–Kier alpha value is -0.820. The Kier molecular flexibility index (Phi) is 5.87. The first-order chi connectivity index (χ1) is 8.40. The van der Waals surface area contributed by atoms with Crippen molar-refractivity contribution in [3.63, 3.8) is 0 Å². The van der Waals surface area contributed by atoms with Crippen LogP contribution in [-0.4, -0.2) is 12.1 Å². The van der Waals surface area contributed by atoms with Gasteiger partial charge in [0, 0.05) is 5.54 Å². The normalized spacial score (nSPS) is 13.6. The van der Waals surface area contributed by atoms with Crippen molar-refractivity contribution >= 4 is 0 Å². The van der Waals surface area contributed by atoms with E-state index in [0.29, 0.717) is 0 Å². The van der Waals surface area contributed by atoms with Gasteiger partial charge in [-0.2, -0.15) is 0 Å². The lowest BCUT2D eigenvalue weighted by Crippen LogP contribution is -2.38. The topological polar surface area (TPSA) is 12.0 Å². The summed E-state index contributed by atoms with van der Waals surface area (Å²) < 4.78 is 0. The van der Waals surface area contributed by atoms with E-state index in [1.807, 2.05) is 0 Å². The molecule has 0 aliphatic carbocycles. The van der Waals surface area contributed by atoms with Crippen LogP contribution in [0.3, 0.4) is 0 Å². The second-order valence-corrected chi connectivity index (χ2v) is 6.44. The largest absolute Gasteiger partial charge is 0.312 e. The number of hydrogen-bond acceptors (Lipinski definition) is 1. The van der Waals surface area contributed by atoms with Crippen molar-refractivity contribution in [1.82, 2.24) is 5.32 Å². The molecule has 0 radical (unpaired) electrons. The van der Waals surface area contributed by atoms with Crippen molar-refractivity contribution in [3.05, 3.63) is 35.4 Å². The van der Waals surface area contributed by atoms with Crippen molar-refractivity contribution in [2.24, 2.45) is 5.92 Å². The molecule has 0 spiro atoms. The van der Waals surface area contributed by atoms with Gasteiger partial charge in [-0.3, -0.25) is 0 Å². The van der Waals surface area contributed by atoms with Crippen LogP contribution in [0.2, 0.25) is 0 Å². The molecule has 102 valence electrons. The fraction of sp³-hybridized carbons (Fsp3) is 0.647. The number of nitrogens with one attached hydrogen (secondary N) is 1. The Morgan fingerprint density at radius 2 is 1.61 bits per heavy atom. The summed E-state index contributed by atoms with van der Waals surface area (Å²) >= 11 is 0. The third-order valence-corrected chi connectivity index (χ3v) is 3.34. The first-order valence-electron chi connectivity index (χ1n) is 7.23. The molecule has 0 saturated carbocycles. The van der Waals surface area contributed by atoms with Gasteiger partial charge in [0.05, 0.1) is 0 Å². The molecule has 0 heterocycles. The van der Waals surface area contributed by atoms with Gasteiger partial charge >= 0.3 is 0 Å². The van der Waals surface area contributed by atoms with E-state index >= 15 is 0 Å². The summed E-state index contributed by atoms with van der Waals surface area (Å²) in [6.45, 7) is 12.3. The van der Waals surface area contributed by atoms with Gasteiger partial charge < -0.3 is 5.32 Å². The summed E-state index contributed by atoms with van der Waals surface area (Å²) in [6.07, 6.45) is 3.58. The number of hydrogen-bond donors (Lipinski definition) is 1. The number of benzene rings is 1. The molecule has 1 aromatic carbocycles. The van der Waals surface area contributed by atoms with Gasteiger partial charge in [0.2, 0.25) is 0 Å². The lowest BCUT2D eigenvalue weighted by molar-refractivity contribution is 0.372. The van der Waals surface area contributed by atoms with Gasteiger partial charge in [0.25, 0.3) is 0 Å². The van der Waals surface area contributed by atoms with Gasteiger partial charge in [-0.05, 0) is 63.6 Å². The molecule has 1 aromatic rings. The summed E-state index contributed by atoms with van der Waals surface area (Å²) in [4.78, 5) is 0. The first-order valence-corrected chi connectivity index (χ1v) is 7.23. The highest BCUT2D eigenvalue weighted by atomic mass is 14.9. The van der Waals surface area contributed by atoms with Gasteiger partial charge in [0.1, 0.15) is 0 Å².